The molecule has 1 unspecified atom stereocenters. The number of hydrogen-bond acceptors (Lipinski definition) is 3. The molecule has 0 aromatic carbocycles. The van der Waals surface area contributed by atoms with Crippen molar-refractivity contribution in [2.45, 2.75) is 19.4 Å². The Morgan fingerprint density at radius 1 is 1.43 bits per heavy atom. The quantitative estimate of drug-likeness (QED) is 0.717. The highest BCUT2D eigenvalue weighted by Gasteiger charge is 2.29. The molecular formula is C8H17BrN2O2S. The summed E-state index contributed by atoms with van der Waals surface area (Å²) in [5, 5.41) is 0. The maximum absolute atomic E-state index is 11.6. The van der Waals surface area contributed by atoms with Gasteiger partial charge >= 0.3 is 0 Å². The molecule has 0 aromatic rings. The molecule has 1 heterocycles. The van der Waals surface area contributed by atoms with Crippen molar-refractivity contribution in [2.75, 3.05) is 31.3 Å². The fourth-order valence-corrected chi connectivity index (χ4v) is 3.45. The van der Waals surface area contributed by atoms with E-state index < -0.39 is 10.0 Å². The molecule has 14 heavy (non-hydrogen) atoms. The molecule has 1 atom stereocenters. The van der Waals surface area contributed by atoms with Crippen LogP contribution in [0.4, 0.5) is 0 Å². The molecule has 1 fully saturated rings. The van der Waals surface area contributed by atoms with Gasteiger partial charge in [0.15, 0.2) is 0 Å². The highest BCUT2D eigenvalue weighted by atomic mass is 79.9. The summed E-state index contributed by atoms with van der Waals surface area (Å²) in [6.45, 7) is 4.15. The molecule has 0 radical (unpaired) electrons. The Labute approximate surface area is 94.4 Å². The molecule has 0 amide bonds. The van der Waals surface area contributed by atoms with Crippen molar-refractivity contribution < 1.29 is 8.42 Å². The first-order chi connectivity index (χ1) is 6.51. The fourth-order valence-electron chi connectivity index (χ4n) is 1.68. The van der Waals surface area contributed by atoms with Crippen molar-refractivity contribution >= 4 is 26.0 Å². The Morgan fingerprint density at radius 2 is 2.07 bits per heavy atom. The van der Waals surface area contributed by atoms with Crippen LogP contribution in [-0.2, 0) is 10.0 Å². The van der Waals surface area contributed by atoms with Crippen molar-refractivity contribution in [3.63, 3.8) is 0 Å². The van der Waals surface area contributed by atoms with Gasteiger partial charge in [0.05, 0.1) is 0 Å². The molecular weight excluding hydrogens is 268 g/mol. The second kappa shape index (κ2) is 4.92. The van der Waals surface area contributed by atoms with Gasteiger partial charge in [-0.15, -0.1) is 0 Å². The second-order valence-corrected chi connectivity index (χ2v) is 6.89. The van der Waals surface area contributed by atoms with Gasteiger partial charge in [-0.1, -0.05) is 22.9 Å². The molecule has 0 aliphatic carbocycles. The third kappa shape index (κ3) is 2.68. The maximum Gasteiger partial charge on any atom is 0.224 e. The smallest absolute Gasteiger partial charge is 0.224 e. The number of piperazine rings is 1. The molecule has 1 aliphatic rings. The van der Waals surface area contributed by atoms with Crippen molar-refractivity contribution in [1.82, 2.24) is 9.21 Å². The normalized spacial score (nSPS) is 26.6. The van der Waals surface area contributed by atoms with E-state index in [0.717, 1.165) is 13.0 Å². The van der Waals surface area contributed by atoms with Gasteiger partial charge in [-0.3, -0.25) is 0 Å². The van der Waals surface area contributed by atoms with Crippen LogP contribution in [0.2, 0.25) is 0 Å². The number of rotatable bonds is 3. The summed E-state index contributed by atoms with van der Waals surface area (Å²) in [7, 11) is -1.02. The van der Waals surface area contributed by atoms with Gasteiger partial charge in [0.2, 0.25) is 10.0 Å². The zero-order valence-electron chi connectivity index (χ0n) is 8.61. The van der Waals surface area contributed by atoms with E-state index in [4.69, 9.17) is 0 Å². The highest BCUT2D eigenvalue weighted by molar-refractivity contribution is 9.10. The third-order valence-corrected chi connectivity index (χ3v) is 5.87. The highest BCUT2D eigenvalue weighted by Crippen LogP contribution is 2.15. The van der Waals surface area contributed by atoms with E-state index in [1.54, 1.807) is 4.31 Å². The molecule has 6 heteroatoms. The molecule has 0 N–H and O–H groups in total. The summed E-state index contributed by atoms with van der Waals surface area (Å²) >= 11 is 3.02. The maximum atomic E-state index is 11.6. The molecule has 1 aliphatic heterocycles. The summed E-state index contributed by atoms with van der Waals surface area (Å²) in [5.74, 6) is 0. The average molecular weight is 285 g/mol. The Morgan fingerprint density at radius 3 is 2.57 bits per heavy atom. The minimum absolute atomic E-state index is 0.0279. The van der Waals surface area contributed by atoms with Crippen molar-refractivity contribution in [1.29, 1.82) is 0 Å². The average Bonchev–Trinajstić information content (AvgIpc) is 2.18. The molecule has 1 saturated heterocycles. The van der Waals surface area contributed by atoms with E-state index in [2.05, 4.69) is 27.8 Å². The molecule has 1 rings (SSSR count). The molecule has 0 bridgehead atoms. The molecule has 4 nitrogen and oxygen atoms in total. The number of alkyl halides is 1. The fraction of sp³-hybridized carbons (Fsp3) is 1.00. The predicted octanol–water partition coefficient (Wildman–Crippen LogP) is 0.695. The lowest BCUT2D eigenvalue weighted by Crippen LogP contribution is -2.53. The monoisotopic (exact) mass is 284 g/mol. The summed E-state index contributed by atoms with van der Waals surface area (Å²) in [5.41, 5.74) is 0. The standard InChI is InChI=1S/C8H17BrN2O2S/c1-3-8-6-11(5-4-10(8)2)14(12,13)7-9/h8H,3-7H2,1-2H3. The van der Waals surface area contributed by atoms with Crippen molar-refractivity contribution in [2.24, 2.45) is 0 Å². The van der Waals surface area contributed by atoms with Crippen LogP contribution in [0.5, 0.6) is 0 Å². The molecule has 0 aromatic heterocycles. The topological polar surface area (TPSA) is 40.6 Å². The van der Waals surface area contributed by atoms with Gasteiger partial charge < -0.3 is 4.90 Å². The van der Waals surface area contributed by atoms with Gasteiger partial charge in [-0.2, -0.15) is 4.31 Å². The first kappa shape index (κ1) is 12.4. The van der Waals surface area contributed by atoms with Gasteiger partial charge in [0, 0.05) is 25.7 Å². The number of halogens is 1. The van der Waals surface area contributed by atoms with Crippen LogP contribution in [0, 0.1) is 0 Å². The number of sulfonamides is 1. The molecule has 0 spiro atoms. The van der Waals surface area contributed by atoms with Crippen LogP contribution in [0.3, 0.4) is 0 Å². The number of nitrogens with zero attached hydrogens (tertiary/aromatic N) is 2. The predicted molar refractivity (Wildman–Crippen MR) is 61.0 cm³/mol. The molecule has 0 saturated carbocycles. The number of likely N-dealkylation sites (N-methyl/N-ethyl adjacent to an activating group) is 1. The van der Waals surface area contributed by atoms with Crippen LogP contribution in [-0.4, -0.2) is 55.0 Å². The van der Waals surface area contributed by atoms with Crippen molar-refractivity contribution in [3.05, 3.63) is 0 Å². The van der Waals surface area contributed by atoms with E-state index in [1.165, 1.54) is 0 Å². The summed E-state index contributed by atoms with van der Waals surface area (Å²) in [6.07, 6.45) is 0.991. The summed E-state index contributed by atoms with van der Waals surface area (Å²) in [6, 6.07) is 0.359. The molecule has 84 valence electrons. The van der Waals surface area contributed by atoms with Crippen LogP contribution in [0.15, 0.2) is 0 Å². The first-order valence-corrected chi connectivity index (χ1v) is 7.48. The van der Waals surface area contributed by atoms with Crippen LogP contribution in [0.25, 0.3) is 0 Å². The van der Waals surface area contributed by atoms with Crippen molar-refractivity contribution in [3.8, 4) is 0 Å². The van der Waals surface area contributed by atoms with Gasteiger partial charge in [-0.05, 0) is 13.5 Å². The van der Waals surface area contributed by atoms with Gasteiger partial charge in [0.1, 0.15) is 4.66 Å². The van der Waals surface area contributed by atoms with E-state index in [-0.39, 0.29) is 4.66 Å². The van der Waals surface area contributed by atoms with Crippen LogP contribution >= 0.6 is 15.9 Å². The minimum Gasteiger partial charge on any atom is -0.301 e. The van der Waals surface area contributed by atoms with E-state index in [9.17, 15) is 8.42 Å². The van der Waals surface area contributed by atoms with Crippen LogP contribution in [0.1, 0.15) is 13.3 Å². The lowest BCUT2D eigenvalue weighted by atomic mass is 10.1. The Bertz CT molecular complexity index is 281. The summed E-state index contributed by atoms with van der Waals surface area (Å²) < 4.78 is 24.8. The largest absolute Gasteiger partial charge is 0.301 e. The Balaban J connectivity index is 2.68. The minimum atomic E-state index is -3.06. The lowest BCUT2D eigenvalue weighted by molar-refractivity contribution is 0.144. The van der Waals surface area contributed by atoms with E-state index >= 15 is 0 Å². The first-order valence-electron chi connectivity index (χ1n) is 4.75. The third-order valence-electron chi connectivity index (χ3n) is 2.74. The number of hydrogen-bond donors (Lipinski definition) is 0. The SMILES string of the molecule is CCC1CN(S(=O)(=O)CBr)CCN1C. The zero-order valence-corrected chi connectivity index (χ0v) is 11.0. The van der Waals surface area contributed by atoms with Gasteiger partial charge in [-0.25, -0.2) is 8.42 Å². The van der Waals surface area contributed by atoms with E-state index in [1.807, 2.05) is 7.05 Å². The second-order valence-electron chi connectivity index (χ2n) is 3.62. The lowest BCUT2D eigenvalue weighted by Gasteiger charge is -2.38. The Hall–Kier alpha value is 0.350. The van der Waals surface area contributed by atoms with Crippen LogP contribution < -0.4 is 0 Å². The van der Waals surface area contributed by atoms with E-state index in [0.29, 0.717) is 19.1 Å². The van der Waals surface area contributed by atoms with Gasteiger partial charge in [0.25, 0.3) is 0 Å². The Kier molecular flexibility index (Phi) is 4.36. The zero-order chi connectivity index (χ0) is 10.8. The summed E-state index contributed by atoms with van der Waals surface area (Å²) in [4.78, 5) is 2.22.